The van der Waals surface area contributed by atoms with Crippen LogP contribution in [0.2, 0.25) is 0 Å². The molecule has 1 aromatic rings. The summed E-state index contributed by atoms with van der Waals surface area (Å²) in [7, 11) is 0. The molecule has 4 heteroatoms. The summed E-state index contributed by atoms with van der Waals surface area (Å²) in [6, 6.07) is 8.43. The third-order valence-electron chi connectivity index (χ3n) is 3.55. The summed E-state index contributed by atoms with van der Waals surface area (Å²) in [6.45, 7) is 7.74. The second-order valence-corrected chi connectivity index (χ2v) is 6.88. The van der Waals surface area contributed by atoms with Gasteiger partial charge in [-0.15, -0.1) is 11.8 Å². The van der Waals surface area contributed by atoms with E-state index in [1.807, 2.05) is 18.7 Å². The largest absolute Gasteiger partial charge is 0.354 e. The first-order valence-corrected chi connectivity index (χ1v) is 8.29. The lowest BCUT2D eigenvalue weighted by Gasteiger charge is -2.18. The fraction of sp³-hybridized carbons (Fsp3) is 0.562. The number of fused-ring (bicyclic) bond motifs is 1. The third-order valence-corrected chi connectivity index (χ3v) is 4.80. The van der Waals surface area contributed by atoms with Crippen molar-refractivity contribution in [2.45, 2.75) is 37.6 Å². The average Bonchev–Trinajstić information content (AvgIpc) is 2.85. The van der Waals surface area contributed by atoms with Gasteiger partial charge in [-0.05, 0) is 24.5 Å². The summed E-state index contributed by atoms with van der Waals surface area (Å²) in [5.74, 6) is 2.20. The van der Waals surface area contributed by atoms with Crippen molar-refractivity contribution in [2.75, 3.05) is 18.8 Å². The fourth-order valence-corrected chi connectivity index (χ4v) is 3.52. The van der Waals surface area contributed by atoms with Crippen LogP contribution in [0.5, 0.6) is 0 Å². The molecule has 1 amide bonds. The Labute approximate surface area is 125 Å². The van der Waals surface area contributed by atoms with Crippen molar-refractivity contribution in [3.63, 3.8) is 0 Å². The van der Waals surface area contributed by atoms with E-state index in [1.165, 1.54) is 10.5 Å². The van der Waals surface area contributed by atoms with Crippen LogP contribution in [-0.2, 0) is 4.79 Å². The van der Waals surface area contributed by atoms with Crippen molar-refractivity contribution in [2.24, 2.45) is 5.92 Å². The number of thioether (sulfide) groups is 1. The molecule has 0 bridgehead atoms. The molecule has 110 valence electrons. The van der Waals surface area contributed by atoms with Crippen molar-refractivity contribution < 1.29 is 4.79 Å². The van der Waals surface area contributed by atoms with Crippen LogP contribution in [0.25, 0.3) is 0 Å². The minimum Gasteiger partial charge on any atom is -0.354 e. The normalized spacial score (nSPS) is 18.9. The van der Waals surface area contributed by atoms with Crippen LogP contribution < -0.4 is 10.6 Å². The van der Waals surface area contributed by atoms with Crippen molar-refractivity contribution in [1.29, 1.82) is 0 Å². The minimum atomic E-state index is -0.133. The molecule has 1 aliphatic rings. The summed E-state index contributed by atoms with van der Waals surface area (Å²) < 4.78 is 0. The van der Waals surface area contributed by atoms with Gasteiger partial charge in [0, 0.05) is 29.7 Å². The van der Waals surface area contributed by atoms with E-state index in [2.05, 4.69) is 48.7 Å². The smallest absolute Gasteiger partial charge is 0.236 e. The molecular formula is C16H24N2OS. The highest BCUT2D eigenvalue weighted by atomic mass is 32.2. The SMILES string of the molecule is CC(C)CNC(=O)C(C)NCC1CSc2ccccc21. The van der Waals surface area contributed by atoms with Gasteiger partial charge in [0.1, 0.15) is 0 Å². The quantitative estimate of drug-likeness (QED) is 0.847. The zero-order valence-electron chi connectivity index (χ0n) is 12.5. The lowest BCUT2D eigenvalue weighted by atomic mass is 10.0. The summed E-state index contributed by atoms with van der Waals surface area (Å²) in [6.07, 6.45) is 0. The highest BCUT2D eigenvalue weighted by Crippen LogP contribution is 2.38. The average molecular weight is 292 g/mol. The van der Waals surface area contributed by atoms with E-state index < -0.39 is 0 Å². The van der Waals surface area contributed by atoms with Crippen molar-refractivity contribution >= 4 is 17.7 Å². The Morgan fingerprint density at radius 2 is 2.10 bits per heavy atom. The van der Waals surface area contributed by atoms with Gasteiger partial charge in [0.05, 0.1) is 6.04 Å². The summed E-state index contributed by atoms with van der Waals surface area (Å²) in [4.78, 5) is 13.3. The maximum Gasteiger partial charge on any atom is 0.236 e. The molecule has 2 N–H and O–H groups in total. The molecule has 1 heterocycles. The predicted octanol–water partition coefficient (Wildman–Crippen LogP) is 2.63. The Balaban J connectivity index is 1.80. The minimum absolute atomic E-state index is 0.0950. The van der Waals surface area contributed by atoms with Crippen LogP contribution in [0.3, 0.4) is 0 Å². The molecule has 0 aliphatic carbocycles. The molecule has 20 heavy (non-hydrogen) atoms. The van der Waals surface area contributed by atoms with Gasteiger partial charge < -0.3 is 10.6 Å². The Bertz CT molecular complexity index is 462. The number of nitrogens with one attached hydrogen (secondary N) is 2. The number of benzene rings is 1. The predicted molar refractivity (Wildman–Crippen MR) is 85.2 cm³/mol. The molecule has 0 radical (unpaired) electrons. The van der Waals surface area contributed by atoms with Gasteiger partial charge in [-0.3, -0.25) is 4.79 Å². The molecule has 0 fully saturated rings. The van der Waals surface area contributed by atoms with Gasteiger partial charge >= 0.3 is 0 Å². The molecule has 0 saturated carbocycles. The molecule has 1 aliphatic heterocycles. The van der Waals surface area contributed by atoms with Crippen molar-refractivity contribution in [3.8, 4) is 0 Å². The Hall–Kier alpha value is -1.00. The number of hydrogen-bond donors (Lipinski definition) is 2. The van der Waals surface area contributed by atoms with Crippen LogP contribution >= 0.6 is 11.8 Å². The van der Waals surface area contributed by atoms with E-state index in [-0.39, 0.29) is 11.9 Å². The monoisotopic (exact) mass is 292 g/mol. The Morgan fingerprint density at radius 3 is 2.85 bits per heavy atom. The molecule has 3 nitrogen and oxygen atoms in total. The van der Waals surface area contributed by atoms with Gasteiger partial charge in [0.25, 0.3) is 0 Å². The van der Waals surface area contributed by atoms with Crippen LogP contribution in [-0.4, -0.2) is 30.8 Å². The van der Waals surface area contributed by atoms with Gasteiger partial charge in [-0.25, -0.2) is 0 Å². The van der Waals surface area contributed by atoms with Crippen LogP contribution in [0.15, 0.2) is 29.2 Å². The third kappa shape index (κ3) is 4.00. The topological polar surface area (TPSA) is 41.1 Å². The van der Waals surface area contributed by atoms with E-state index >= 15 is 0 Å². The van der Waals surface area contributed by atoms with Gasteiger partial charge in [-0.1, -0.05) is 32.0 Å². The van der Waals surface area contributed by atoms with Crippen molar-refractivity contribution in [3.05, 3.63) is 29.8 Å². The molecule has 0 spiro atoms. The van der Waals surface area contributed by atoms with E-state index in [4.69, 9.17) is 0 Å². The van der Waals surface area contributed by atoms with E-state index in [0.717, 1.165) is 18.8 Å². The summed E-state index contributed by atoms with van der Waals surface area (Å²) >= 11 is 1.91. The number of carbonyl (C=O) groups excluding carboxylic acids is 1. The maximum absolute atomic E-state index is 11.9. The number of amides is 1. The van der Waals surface area contributed by atoms with Gasteiger partial charge in [0.15, 0.2) is 0 Å². The highest BCUT2D eigenvalue weighted by Gasteiger charge is 2.23. The van der Waals surface area contributed by atoms with Gasteiger partial charge in [-0.2, -0.15) is 0 Å². The summed E-state index contributed by atoms with van der Waals surface area (Å²) in [5.41, 5.74) is 1.42. The van der Waals surface area contributed by atoms with E-state index in [9.17, 15) is 4.79 Å². The molecule has 2 atom stereocenters. The maximum atomic E-state index is 11.9. The zero-order chi connectivity index (χ0) is 14.5. The van der Waals surface area contributed by atoms with Crippen molar-refractivity contribution in [1.82, 2.24) is 10.6 Å². The number of hydrogen-bond acceptors (Lipinski definition) is 3. The Morgan fingerprint density at radius 1 is 1.35 bits per heavy atom. The lowest BCUT2D eigenvalue weighted by Crippen LogP contribution is -2.44. The molecule has 1 aromatic carbocycles. The first-order chi connectivity index (χ1) is 9.58. The number of carbonyl (C=O) groups is 1. The molecule has 2 rings (SSSR count). The number of rotatable bonds is 6. The molecular weight excluding hydrogens is 268 g/mol. The van der Waals surface area contributed by atoms with E-state index in [1.54, 1.807) is 0 Å². The lowest BCUT2D eigenvalue weighted by molar-refractivity contribution is -0.122. The highest BCUT2D eigenvalue weighted by molar-refractivity contribution is 7.99. The van der Waals surface area contributed by atoms with Crippen LogP contribution in [0.4, 0.5) is 0 Å². The molecule has 0 aromatic heterocycles. The zero-order valence-corrected chi connectivity index (χ0v) is 13.3. The standard InChI is InChI=1S/C16H24N2OS/c1-11(2)8-18-16(19)12(3)17-9-13-10-20-15-7-5-4-6-14(13)15/h4-7,11-13,17H,8-10H2,1-3H3,(H,18,19). The second kappa shape index (κ2) is 7.14. The Kier molecular flexibility index (Phi) is 5.49. The molecule has 2 unspecified atom stereocenters. The molecule has 0 saturated heterocycles. The van der Waals surface area contributed by atoms with E-state index in [0.29, 0.717) is 11.8 Å². The van der Waals surface area contributed by atoms with Gasteiger partial charge in [0.2, 0.25) is 5.91 Å². The first kappa shape index (κ1) is 15.4. The fourth-order valence-electron chi connectivity index (χ4n) is 2.27. The second-order valence-electron chi connectivity index (χ2n) is 5.81. The summed E-state index contributed by atoms with van der Waals surface area (Å²) in [5, 5.41) is 6.33. The van der Waals surface area contributed by atoms with Crippen LogP contribution in [0, 0.1) is 5.92 Å². The van der Waals surface area contributed by atoms with Crippen LogP contribution in [0.1, 0.15) is 32.3 Å². The first-order valence-electron chi connectivity index (χ1n) is 7.30.